The second kappa shape index (κ2) is 6.76. The van der Waals surface area contributed by atoms with Crippen LogP contribution in [-0.4, -0.2) is 17.6 Å². The van der Waals surface area contributed by atoms with E-state index in [0.29, 0.717) is 28.6 Å². The van der Waals surface area contributed by atoms with Gasteiger partial charge in [0.1, 0.15) is 5.56 Å². The van der Waals surface area contributed by atoms with Crippen molar-refractivity contribution in [3.8, 4) is 0 Å². The highest BCUT2D eigenvalue weighted by Crippen LogP contribution is 2.22. The first-order valence-electron chi connectivity index (χ1n) is 6.98. The number of nitrogens with zero attached hydrogens (tertiary/aromatic N) is 1. The van der Waals surface area contributed by atoms with Crippen molar-refractivity contribution in [1.29, 1.82) is 0 Å². The Kier molecular flexibility index (Phi) is 5.02. The molecular weight excluding hydrogens is 288 g/mol. The summed E-state index contributed by atoms with van der Waals surface area (Å²) in [5, 5.41) is 7.51. The number of hydrogen-bond donors (Lipinski definition) is 1. The molecule has 0 saturated heterocycles. The maximum atomic E-state index is 12.3. The molecule has 0 radical (unpaired) electrons. The fraction of sp³-hybridized carbons (Fsp3) is 0.375. The van der Waals surface area contributed by atoms with Gasteiger partial charge in [-0.25, -0.2) is 0 Å². The third-order valence-corrected chi connectivity index (χ3v) is 3.51. The van der Waals surface area contributed by atoms with Gasteiger partial charge in [0, 0.05) is 17.5 Å². The van der Waals surface area contributed by atoms with Gasteiger partial charge in [0.05, 0.1) is 5.69 Å². The highest BCUT2D eigenvalue weighted by Gasteiger charge is 2.22. The maximum absolute atomic E-state index is 12.3. The number of rotatable bonds is 5. The van der Waals surface area contributed by atoms with Crippen molar-refractivity contribution < 1.29 is 9.32 Å². The highest BCUT2D eigenvalue weighted by atomic mass is 35.5. The minimum atomic E-state index is -0.133. The Morgan fingerprint density at radius 2 is 2.00 bits per heavy atom. The zero-order valence-corrected chi connectivity index (χ0v) is 13.2. The Balaban J connectivity index is 1.96. The van der Waals surface area contributed by atoms with E-state index in [4.69, 9.17) is 16.1 Å². The number of carbonyl (C=O) groups is 1. The SMILES string of the molecule is Cc1noc(C(C)C)c1C(=O)NCCc1ccc(Cl)cc1. The summed E-state index contributed by atoms with van der Waals surface area (Å²) >= 11 is 5.84. The lowest BCUT2D eigenvalue weighted by molar-refractivity contribution is 0.0951. The fourth-order valence-electron chi connectivity index (χ4n) is 2.12. The molecule has 4 nitrogen and oxygen atoms in total. The lowest BCUT2D eigenvalue weighted by Crippen LogP contribution is -2.27. The molecule has 1 N–H and O–H groups in total. The number of amides is 1. The van der Waals surface area contributed by atoms with Gasteiger partial charge < -0.3 is 9.84 Å². The molecular formula is C16H19ClN2O2. The van der Waals surface area contributed by atoms with Gasteiger partial charge in [-0.15, -0.1) is 0 Å². The number of benzene rings is 1. The molecule has 1 heterocycles. The van der Waals surface area contributed by atoms with E-state index in [0.717, 1.165) is 12.0 Å². The average Bonchev–Trinajstić information content (AvgIpc) is 2.83. The van der Waals surface area contributed by atoms with Crippen LogP contribution in [0.2, 0.25) is 5.02 Å². The molecule has 0 aliphatic rings. The van der Waals surface area contributed by atoms with Crippen LogP contribution in [0.5, 0.6) is 0 Å². The molecule has 0 saturated carbocycles. The molecule has 5 heteroatoms. The second-order valence-electron chi connectivity index (χ2n) is 5.29. The molecule has 1 amide bonds. The van der Waals surface area contributed by atoms with Crippen molar-refractivity contribution in [2.45, 2.75) is 33.1 Å². The lowest BCUT2D eigenvalue weighted by Gasteiger charge is -2.07. The molecule has 0 aliphatic carbocycles. The van der Waals surface area contributed by atoms with E-state index in [-0.39, 0.29) is 11.8 Å². The Hall–Kier alpha value is -1.81. The maximum Gasteiger partial charge on any atom is 0.256 e. The van der Waals surface area contributed by atoms with E-state index >= 15 is 0 Å². The molecule has 1 aromatic carbocycles. The van der Waals surface area contributed by atoms with Crippen molar-refractivity contribution in [1.82, 2.24) is 10.5 Å². The van der Waals surface area contributed by atoms with Crippen molar-refractivity contribution >= 4 is 17.5 Å². The third kappa shape index (κ3) is 3.85. The molecule has 0 unspecified atom stereocenters. The Morgan fingerprint density at radius 1 is 1.33 bits per heavy atom. The second-order valence-corrected chi connectivity index (χ2v) is 5.73. The molecule has 0 spiro atoms. The van der Waals surface area contributed by atoms with Gasteiger partial charge in [0.15, 0.2) is 5.76 Å². The van der Waals surface area contributed by atoms with Crippen LogP contribution < -0.4 is 5.32 Å². The quantitative estimate of drug-likeness (QED) is 0.915. The number of hydrogen-bond acceptors (Lipinski definition) is 3. The van der Waals surface area contributed by atoms with E-state index in [1.54, 1.807) is 6.92 Å². The summed E-state index contributed by atoms with van der Waals surface area (Å²) in [7, 11) is 0. The van der Waals surface area contributed by atoms with Crippen molar-refractivity contribution in [2.24, 2.45) is 0 Å². The molecule has 1 aromatic heterocycles. The van der Waals surface area contributed by atoms with E-state index in [2.05, 4.69) is 10.5 Å². The Labute approximate surface area is 129 Å². The summed E-state index contributed by atoms with van der Waals surface area (Å²) < 4.78 is 5.23. The summed E-state index contributed by atoms with van der Waals surface area (Å²) in [6.07, 6.45) is 0.754. The predicted molar refractivity (Wildman–Crippen MR) is 82.8 cm³/mol. The zero-order chi connectivity index (χ0) is 15.4. The minimum Gasteiger partial charge on any atom is -0.360 e. The lowest BCUT2D eigenvalue weighted by atomic mass is 10.0. The van der Waals surface area contributed by atoms with Crippen molar-refractivity contribution in [3.05, 3.63) is 51.9 Å². The zero-order valence-electron chi connectivity index (χ0n) is 12.4. The summed E-state index contributed by atoms with van der Waals surface area (Å²) in [5.41, 5.74) is 2.31. The van der Waals surface area contributed by atoms with Crippen LogP contribution >= 0.6 is 11.6 Å². The van der Waals surface area contributed by atoms with E-state index in [9.17, 15) is 4.79 Å². The summed E-state index contributed by atoms with van der Waals surface area (Å²) in [6, 6.07) is 7.61. The number of aryl methyl sites for hydroxylation is 1. The summed E-state index contributed by atoms with van der Waals surface area (Å²) in [5.74, 6) is 0.631. The first-order chi connectivity index (χ1) is 9.99. The number of nitrogens with one attached hydrogen (secondary N) is 1. The van der Waals surface area contributed by atoms with Gasteiger partial charge in [-0.1, -0.05) is 42.7 Å². The van der Waals surface area contributed by atoms with Crippen LogP contribution in [0.25, 0.3) is 0 Å². The largest absolute Gasteiger partial charge is 0.360 e. The van der Waals surface area contributed by atoms with Crippen LogP contribution in [0.1, 0.15) is 47.1 Å². The van der Waals surface area contributed by atoms with Crippen LogP contribution in [0, 0.1) is 6.92 Å². The van der Waals surface area contributed by atoms with Crippen LogP contribution in [0.4, 0.5) is 0 Å². The Bertz CT molecular complexity index is 618. The topological polar surface area (TPSA) is 55.1 Å². The van der Waals surface area contributed by atoms with Gasteiger partial charge in [-0.05, 0) is 31.0 Å². The van der Waals surface area contributed by atoms with Gasteiger partial charge in [0.25, 0.3) is 5.91 Å². The molecule has 0 aliphatic heterocycles. The first-order valence-corrected chi connectivity index (χ1v) is 7.35. The molecule has 2 aromatic rings. The normalized spacial score (nSPS) is 10.9. The first kappa shape index (κ1) is 15.6. The smallest absolute Gasteiger partial charge is 0.256 e. The molecule has 0 fully saturated rings. The molecule has 2 rings (SSSR count). The monoisotopic (exact) mass is 306 g/mol. The van der Waals surface area contributed by atoms with Gasteiger partial charge in [0.2, 0.25) is 0 Å². The Morgan fingerprint density at radius 3 is 2.62 bits per heavy atom. The van der Waals surface area contributed by atoms with E-state index in [1.807, 2.05) is 38.1 Å². The summed E-state index contributed by atoms with van der Waals surface area (Å²) in [6.45, 7) is 6.29. The van der Waals surface area contributed by atoms with Gasteiger partial charge in [-0.3, -0.25) is 4.79 Å². The highest BCUT2D eigenvalue weighted by molar-refractivity contribution is 6.30. The van der Waals surface area contributed by atoms with Crippen LogP contribution in [0.3, 0.4) is 0 Å². The molecule has 0 atom stereocenters. The van der Waals surface area contributed by atoms with Crippen LogP contribution in [0.15, 0.2) is 28.8 Å². The number of aromatic nitrogens is 1. The van der Waals surface area contributed by atoms with Gasteiger partial charge >= 0.3 is 0 Å². The van der Waals surface area contributed by atoms with Crippen molar-refractivity contribution in [2.75, 3.05) is 6.54 Å². The molecule has 21 heavy (non-hydrogen) atoms. The standard InChI is InChI=1S/C16H19ClN2O2/c1-10(2)15-14(11(3)19-21-15)16(20)18-9-8-12-4-6-13(17)7-5-12/h4-7,10H,8-9H2,1-3H3,(H,18,20). The van der Waals surface area contributed by atoms with E-state index < -0.39 is 0 Å². The minimum absolute atomic E-state index is 0.128. The fourth-order valence-corrected chi connectivity index (χ4v) is 2.24. The van der Waals surface area contributed by atoms with E-state index in [1.165, 1.54) is 0 Å². The third-order valence-electron chi connectivity index (χ3n) is 3.25. The van der Waals surface area contributed by atoms with Gasteiger partial charge in [-0.2, -0.15) is 0 Å². The predicted octanol–water partition coefficient (Wildman–Crippen LogP) is 3.73. The number of carbonyl (C=O) groups excluding carboxylic acids is 1. The average molecular weight is 307 g/mol. The summed E-state index contributed by atoms with van der Waals surface area (Å²) in [4.78, 5) is 12.3. The van der Waals surface area contributed by atoms with Crippen molar-refractivity contribution in [3.63, 3.8) is 0 Å². The number of halogens is 1. The van der Waals surface area contributed by atoms with Crippen LogP contribution in [-0.2, 0) is 6.42 Å². The molecule has 112 valence electrons. The molecule has 0 bridgehead atoms.